The molecule has 0 aliphatic carbocycles. The number of amides is 1. The van der Waals surface area contributed by atoms with Crippen LogP contribution in [0.5, 0.6) is 11.5 Å². The largest absolute Gasteiger partial charge is 0.485 e. The summed E-state index contributed by atoms with van der Waals surface area (Å²) < 4.78 is 11.6. The van der Waals surface area contributed by atoms with Crippen molar-refractivity contribution in [1.29, 1.82) is 0 Å². The molecule has 25 heavy (non-hydrogen) atoms. The van der Waals surface area contributed by atoms with Crippen LogP contribution in [-0.2, 0) is 11.3 Å². The maximum Gasteiger partial charge on any atom is 0.272 e. The maximum atomic E-state index is 13.1. The molecular formula is C19H17N3O3. The molecule has 1 atom stereocenters. The second kappa shape index (κ2) is 6.68. The zero-order chi connectivity index (χ0) is 17.1. The average molecular weight is 335 g/mol. The van der Waals surface area contributed by atoms with E-state index in [4.69, 9.17) is 9.47 Å². The Kier molecular flexibility index (Phi) is 4.08. The highest BCUT2D eigenvalue weighted by Crippen LogP contribution is 2.32. The number of aromatic nitrogens is 2. The third-order valence-electron chi connectivity index (χ3n) is 4.00. The lowest BCUT2D eigenvalue weighted by atomic mass is 10.2. The molecule has 0 unspecified atom stereocenters. The number of aromatic amines is 1. The van der Waals surface area contributed by atoms with Crippen molar-refractivity contribution in [3.8, 4) is 11.5 Å². The van der Waals surface area contributed by atoms with Gasteiger partial charge in [-0.3, -0.25) is 4.79 Å². The summed E-state index contributed by atoms with van der Waals surface area (Å²) in [4.78, 5) is 21.9. The SMILES string of the molecule is O=C([C@@H]1COc2ccccc2O1)N(Cc1cnc[nH]1)c1ccccc1. The Morgan fingerprint density at radius 3 is 2.64 bits per heavy atom. The van der Waals surface area contributed by atoms with Crippen LogP contribution < -0.4 is 14.4 Å². The van der Waals surface area contributed by atoms with Crippen LogP contribution in [0.4, 0.5) is 5.69 Å². The van der Waals surface area contributed by atoms with Gasteiger partial charge in [-0.2, -0.15) is 0 Å². The first-order valence-electron chi connectivity index (χ1n) is 8.03. The molecule has 1 amide bonds. The second-order valence-electron chi connectivity index (χ2n) is 5.70. The summed E-state index contributed by atoms with van der Waals surface area (Å²) in [5, 5.41) is 0. The highest BCUT2D eigenvalue weighted by molar-refractivity contribution is 5.97. The summed E-state index contributed by atoms with van der Waals surface area (Å²) in [6, 6.07) is 16.9. The van der Waals surface area contributed by atoms with Crippen molar-refractivity contribution in [3.63, 3.8) is 0 Å². The number of fused-ring (bicyclic) bond motifs is 1. The lowest BCUT2D eigenvalue weighted by Gasteiger charge is -2.30. The van der Waals surface area contributed by atoms with Gasteiger partial charge in [-0.15, -0.1) is 0 Å². The molecule has 1 N–H and O–H groups in total. The van der Waals surface area contributed by atoms with E-state index >= 15 is 0 Å². The molecule has 0 spiro atoms. The molecule has 126 valence electrons. The number of nitrogens with one attached hydrogen (secondary N) is 1. The molecule has 4 rings (SSSR count). The van der Waals surface area contributed by atoms with Gasteiger partial charge in [0, 0.05) is 11.9 Å². The highest BCUT2D eigenvalue weighted by atomic mass is 16.6. The van der Waals surface area contributed by atoms with Crippen LogP contribution in [0.2, 0.25) is 0 Å². The number of rotatable bonds is 4. The molecule has 2 aromatic carbocycles. The van der Waals surface area contributed by atoms with Crippen molar-refractivity contribution < 1.29 is 14.3 Å². The average Bonchev–Trinajstić information content (AvgIpc) is 3.19. The number of para-hydroxylation sites is 3. The summed E-state index contributed by atoms with van der Waals surface area (Å²) in [5.74, 6) is 1.09. The molecule has 0 radical (unpaired) electrons. The fourth-order valence-corrected chi connectivity index (χ4v) is 2.76. The van der Waals surface area contributed by atoms with E-state index in [0.717, 1.165) is 11.4 Å². The number of anilines is 1. The van der Waals surface area contributed by atoms with Crippen LogP contribution in [-0.4, -0.2) is 28.6 Å². The van der Waals surface area contributed by atoms with E-state index in [-0.39, 0.29) is 12.5 Å². The molecule has 0 fully saturated rings. The van der Waals surface area contributed by atoms with E-state index in [0.29, 0.717) is 18.0 Å². The van der Waals surface area contributed by atoms with Crippen LogP contribution in [0.3, 0.4) is 0 Å². The molecule has 6 heteroatoms. The maximum absolute atomic E-state index is 13.1. The summed E-state index contributed by atoms with van der Waals surface area (Å²) in [5.41, 5.74) is 1.64. The first-order valence-corrected chi connectivity index (χ1v) is 8.03. The van der Waals surface area contributed by atoms with Gasteiger partial charge in [-0.25, -0.2) is 4.98 Å². The summed E-state index contributed by atoms with van der Waals surface area (Å²) in [7, 11) is 0. The number of imidazole rings is 1. The van der Waals surface area contributed by atoms with E-state index in [2.05, 4.69) is 9.97 Å². The summed E-state index contributed by atoms with van der Waals surface area (Å²) in [6.07, 6.45) is 2.61. The van der Waals surface area contributed by atoms with Gasteiger partial charge >= 0.3 is 0 Å². The predicted molar refractivity (Wildman–Crippen MR) is 92.6 cm³/mol. The van der Waals surface area contributed by atoms with Crippen molar-refractivity contribution >= 4 is 11.6 Å². The number of hydrogen-bond acceptors (Lipinski definition) is 4. The van der Waals surface area contributed by atoms with Gasteiger partial charge < -0.3 is 19.4 Å². The topological polar surface area (TPSA) is 67.5 Å². The number of nitrogens with zero attached hydrogens (tertiary/aromatic N) is 2. The minimum atomic E-state index is -0.696. The van der Waals surface area contributed by atoms with Crippen molar-refractivity contribution in [1.82, 2.24) is 9.97 Å². The first kappa shape index (κ1) is 15.3. The number of carbonyl (C=O) groups excluding carboxylic acids is 1. The van der Waals surface area contributed by atoms with Crippen molar-refractivity contribution in [3.05, 3.63) is 72.8 Å². The summed E-state index contributed by atoms with van der Waals surface area (Å²) in [6.45, 7) is 0.562. The molecule has 0 saturated heterocycles. The van der Waals surface area contributed by atoms with E-state index < -0.39 is 6.10 Å². The number of benzene rings is 2. The standard InChI is InChI=1S/C19H17N3O3/c23-19(18-12-24-16-8-4-5-9-17(16)25-18)22(11-14-10-20-13-21-14)15-6-2-1-3-7-15/h1-10,13,18H,11-12H2,(H,20,21)/t18-/m0/s1. The Bertz CT molecular complexity index is 849. The van der Waals surface area contributed by atoms with Gasteiger partial charge in [0.15, 0.2) is 11.5 Å². The Balaban J connectivity index is 1.60. The van der Waals surface area contributed by atoms with E-state index in [1.165, 1.54) is 0 Å². The molecule has 1 aromatic heterocycles. The normalized spacial score (nSPS) is 15.6. The molecule has 0 saturated carbocycles. The minimum Gasteiger partial charge on any atom is -0.485 e. The smallest absolute Gasteiger partial charge is 0.272 e. The Morgan fingerprint density at radius 2 is 1.88 bits per heavy atom. The van der Waals surface area contributed by atoms with Gasteiger partial charge in [-0.1, -0.05) is 30.3 Å². The molecular weight excluding hydrogens is 318 g/mol. The van der Waals surface area contributed by atoms with Crippen LogP contribution in [0, 0.1) is 0 Å². The third kappa shape index (κ3) is 3.19. The van der Waals surface area contributed by atoms with E-state index in [9.17, 15) is 4.79 Å². The number of carbonyl (C=O) groups is 1. The molecule has 3 aromatic rings. The Hall–Kier alpha value is -3.28. The fraction of sp³-hybridized carbons (Fsp3) is 0.158. The van der Waals surface area contributed by atoms with E-state index in [1.807, 2.05) is 48.5 Å². The van der Waals surface area contributed by atoms with Crippen molar-refractivity contribution in [2.45, 2.75) is 12.6 Å². The van der Waals surface area contributed by atoms with Crippen LogP contribution >= 0.6 is 0 Å². The van der Waals surface area contributed by atoms with Crippen LogP contribution in [0.25, 0.3) is 0 Å². The van der Waals surface area contributed by atoms with Gasteiger partial charge in [0.1, 0.15) is 6.61 Å². The highest BCUT2D eigenvalue weighted by Gasteiger charge is 2.32. The molecule has 6 nitrogen and oxygen atoms in total. The minimum absolute atomic E-state index is 0.157. The molecule has 2 heterocycles. The number of ether oxygens (including phenoxy) is 2. The predicted octanol–water partition coefficient (Wildman–Crippen LogP) is 2.78. The number of H-pyrrole nitrogens is 1. The third-order valence-corrected chi connectivity index (χ3v) is 4.00. The fourth-order valence-electron chi connectivity index (χ4n) is 2.76. The van der Waals surface area contributed by atoms with Gasteiger partial charge in [-0.05, 0) is 24.3 Å². The lowest BCUT2D eigenvalue weighted by Crippen LogP contribution is -2.46. The van der Waals surface area contributed by atoms with Crippen molar-refractivity contribution in [2.24, 2.45) is 0 Å². The molecule has 0 bridgehead atoms. The number of hydrogen-bond donors (Lipinski definition) is 1. The molecule has 1 aliphatic heterocycles. The van der Waals surface area contributed by atoms with Gasteiger partial charge in [0.05, 0.1) is 18.6 Å². The quantitative estimate of drug-likeness (QED) is 0.796. The lowest BCUT2D eigenvalue weighted by molar-refractivity contribution is -0.127. The Labute approximate surface area is 145 Å². The second-order valence-corrected chi connectivity index (χ2v) is 5.70. The Morgan fingerprint density at radius 1 is 1.12 bits per heavy atom. The first-order chi connectivity index (χ1) is 12.3. The molecule has 1 aliphatic rings. The zero-order valence-electron chi connectivity index (χ0n) is 13.5. The van der Waals surface area contributed by atoms with Gasteiger partial charge in [0.25, 0.3) is 5.91 Å². The van der Waals surface area contributed by atoms with Gasteiger partial charge in [0.2, 0.25) is 6.10 Å². The van der Waals surface area contributed by atoms with Crippen LogP contribution in [0.15, 0.2) is 67.1 Å². The zero-order valence-corrected chi connectivity index (χ0v) is 13.5. The monoisotopic (exact) mass is 335 g/mol. The van der Waals surface area contributed by atoms with Crippen molar-refractivity contribution in [2.75, 3.05) is 11.5 Å². The van der Waals surface area contributed by atoms with Crippen LogP contribution in [0.1, 0.15) is 5.69 Å². The summed E-state index contributed by atoms with van der Waals surface area (Å²) >= 11 is 0. The van der Waals surface area contributed by atoms with E-state index in [1.54, 1.807) is 23.5 Å².